The van der Waals surface area contributed by atoms with Crippen molar-refractivity contribution >= 4 is 6.08 Å². The highest BCUT2D eigenvalue weighted by atomic mass is 16.7. The Morgan fingerprint density at radius 1 is 1.25 bits per heavy atom. The molecule has 0 fully saturated rings. The van der Waals surface area contributed by atoms with Crippen LogP contribution in [0.1, 0.15) is 0 Å². The van der Waals surface area contributed by atoms with E-state index in [1.807, 2.05) is 5.10 Å². The molecule has 0 aromatic heterocycles. The minimum absolute atomic E-state index is 0.743. The summed E-state index contributed by atoms with van der Waals surface area (Å²) in [6.45, 7) is 0. The van der Waals surface area contributed by atoms with E-state index in [0.29, 0.717) is 0 Å². The number of hydrogen-bond donors (Lipinski definition) is 0. The fourth-order valence-corrected chi connectivity index (χ4v) is 0.696. The smallest absolute Gasteiger partial charge is 0.232 e. The van der Waals surface area contributed by atoms with Gasteiger partial charge in [0.25, 0.3) is 0 Å². The molecule has 0 saturated heterocycles. The van der Waals surface area contributed by atoms with E-state index in [0.717, 1.165) is 6.08 Å². The first-order chi connectivity index (χ1) is 5.74. The van der Waals surface area contributed by atoms with Crippen LogP contribution in [0.15, 0.2) is 29.4 Å². The van der Waals surface area contributed by atoms with E-state index in [1.54, 1.807) is 0 Å². The Morgan fingerprint density at radius 3 is 1.67 bits per heavy atom. The molecule has 2 aliphatic rings. The van der Waals surface area contributed by atoms with E-state index in [9.17, 15) is 0 Å². The predicted octanol–water partition coefficient (Wildman–Crippen LogP) is 1.18. The van der Waals surface area contributed by atoms with Crippen molar-refractivity contribution in [2.75, 3.05) is 0 Å². The number of nitrogens with zero attached hydrogens (tertiary/aromatic N) is 2. The van der Waals surface area contributed by atoms with Gasteiger partial charge in [-0.25, -0.2) is 14.9 Å². The zero-order valence-corrected chi connectivity index (χ0v) is 5.93. The van der Waals surface area contributed by atoms with Crippen LogP contribution in [0.5, 0.6) is 0 Å². The van der Waals surface area contributed by atoms with Crippen LogP contribution in [-0.4, -0.2) is 11.1 Å². The Kier molecular flexibility index (Phi) is 2.30. The minimum Gasteiger partial charge on any atom is -0.232 e. The number of nitro groups is 1. The average molecular weight is 164 g/mol. The van der Waals surface area contributed by atoms with Crippen LogP contribution >= 0.6 is 0 Å². The number of isocyanates is 1. The summed E-state index contributed by atoms with van der Waals surface area (Å²) in [5.41, 5.74) is 2.85. The summed E-state index contributed by atoms with van der Waals surface area (Å²) in [5.74, 6) is 0. The largest absolute Gasteiger partial charge is 0.312 e. The van der Waals surface area contributed by atoms with Crippen molar-refractivity contribution in [3.8, 4) is 11.1 Å². The molecule has 0 amide bonds. The van der Waals surface area contributed by atoms with Crippen LogP contribution in [0.25, 0.3) is 11.1 Å². The molecule has 5 nitrogen and oxygen atoms in total. The molecule has 0 heterocycles. The summed E-state index contributed by atoms with van der Waals surface area (Å²) < 4.78 is 0. The summed E-state index contributed by atoms with van der Waals surface area (Å²) in [4.78, 5) is 17.9. The van der Waals surface area contributed by atoms with E-state index in [2.05, 4.69) is 24.3 Å². The summed E-state index contributed by atoms with van der Waals surface area (Å²) in [6, 6.07) is 8.48. The molecule has 2 aliphatic carbocycles. The lowest BCUT2D eigenvalue weighted by molar-refractivity contribution is -0.484. The maximum absolute atomic E-state index is 8.98. The number of carbonyl (C=O) groups excluding carboxylic acids is 1. The SMILES string of the molecule is O=C=N[N+](=O)[O-].c1cc2ccc1-2. The normalized spacial score (nSPS) is 8.67. The van der Waals surface area contributed by atoms with Gasteiger partial charge in [0.2, 0.25) is 5.03 Å². The zero-order chi connectivity index (χ0) is 8.97. The Labute approximate surface area is 67.5 Å². The van der Waals surface area contributed by atoms with E-state index >= 15 is 0 Å². The van der Waals surface area contributed by atoms with Crippen molar-refractivity contribution in [1.82, 2.24) is 0 Å². The van der Waals surface area contributed by atoms with Gasteiger partial charge >= 0.3 is 6.08 Å². The number of benzene rings is 1. The van der Waals surface area contributed by atoms with E-state index in [-0.39, 0.29) is 0 Å². The van der Waals surface area contributed by atoms with Crippen molar-refractivity contribution in [2.24, 2.45) is 5.10 Å². The molecule has 60 valence electrons. The van der Waals surface area contributed by atoms with Gasteiger partial charge in [0.1, 0.15) is 0 Å². The Morgan fingerprint density at radius 2 is 1.67 bits per heavy atom. The molecule has 5 heteroatoms. The highest BCUT2D eigenvalue weighted by molar-refractivity contribution is 5.75. The molecular formula is C7H4N2O3. The molecule has 0 unspecified atom stereocenters. The molecule has 0 aliphatic heterocycles. The Bertz CT molecular complexity index is 317. The second kappa shape index (κ2) is 3.41. The monoisotopic (exact) mass is 164 g/mol. The van der Waals surface area contributed by atoms with Crippen LogP contribution in [0.4, 0.5) is 0 Å². The van der Waals surface area contributed by atoms with Crippen LogP contribution < -0.4 is 0 Å². The van der Waals surface area contributed by atoms with Gasteiger partial charge in [-0.3, -0.25) is 0 Å². The molecule has 0 saturated carbocycles. The molecular weight excluding hydrogens is 160 g/mol. The first kappa shape index (κ1) is 8.10. The second-order valence-corrected chi connectivity index (χ2v) is 2.01. The van der Waals surface area contributed by atoms with Crippen molar-refractivity contribution in [3.05, 3.63) is 34.4 Å². The number of hydrazone groups is 1. The minimum atomic E-state index is -1.12. The van der Waals surface area contributed by atoms with Crippen molar-refractivity contribution in [2.45, 2.75) is 0 Å². The fourth-order valence-electron chi connectivity index (χ4n) is 0.696. The van der Waals surface area contributed by atoms with Gasteiger partial charge in [-0.05, 0) is 11.1 Å². The molecule has 0 radical (unpaired) electrons. The van der Waals surface area contributed by atoms with Crippen molar-refractivity contribution in [1.29, 1.82) is 0 Å². The van der Waals surface area contributed by atoms with Crippen molar-refractivity contribution in [3.63, 3.8) is 0 Å². The summed E-state index contributed by atoms with van der Waals surface area (Å²) in [7, 11) is 0. The number of hydrogen-bond acceptors (Lipinski definition) is 3. The highest BCUT2D eigenvalue weighted by Gasteiger charge is 2.03. The molecule has 12 heavy (non-hydrogen) atoms. The summed E-state index contributed by atoms with van der Waals surface area (Å²) in [6.07, 6.45) is 0.743. The first-order valence-corrected chi connectivity index (χ1v) is 3.06. The second-order valence-electron chi connectivity index (χ2n) is 2.01. The third-order valence-electron chi connectivity index (χ3n) is 1.34. The highest BCUT2D eigenvalue weighted by Crippen LogP contribution is 2.29. The predicted molar refractivity (Wildman–Crippen MR) is 40.6 cm³/mol. The molecule has 0 spiro atoms. The Balaban J connectivity index is 0.000000120. The first-order valence-electron chi connectivity index (χ1n) is 3.06. The standard InChI is InChI=1S/C6H4.CN2O3/c1-2-6-4-3-5(1)6;4-1-2-3(5)6/h1-4H;. The maximum Gasteiger partial charge on any atom is 0.312 e. The lowest BCUT2D eigenvalue weighted by Crippen LogP contribution is -1.85. The number of rotatable bonds is 1. The lowest BCUT2D eigenvalue weighted by Gasteiger charge is -2.10. The topological polar surface area (TPSA) is 72.6 Å². The van der Waals surface area contributed by atoms with Crippen LogP contribution in [-0.2, 0) is 4.79 Å². The van der Waals surface area contributed by atoms with E-state index in [1.165, 1.54) is 11.1 Å². The maximum atomic E-state index is 8.98. The molecule has 0 aromatic rings. The van der Waals surface area contributed by atoms with Gasteiger partial charge in [-0.15, -0.1) is 0 Å². The van der Waals surface area contributed by atoms with Crippen LogP contribution in [0.2, 0.25) is 0 Å². The summed E-state index contributed by atoms with van der Waals surface area (Å²) >= 11 is 0. The zero-order valence-electron chi connectivity index (χ0n) is 5.93. The van der Waals surface area contributed by atoms with Crippen LogP contribution in [0, 0.1) is 10.1 Å². The van der Waals surface area contributed by atoms with Gasteiger partial charge in [0.05, 0.1) is 0 Å². The van der Waals surface area contributed by atoms with Gasteiger partial charge in [0, 0.05) is 0 Å². The van der Waals surface area contributed by atoms with Gasteiger partial charge in [0.15, 0.2) is 5.10 Å². The molecule has 2 rings (SSSR count). The van der Waals surface area contributed by atoms with Crippen molar-refractivity contribution < 1.29 is 9.83 Å². The van der Waals surface area contributed by atoms with Gasteiger partial charge in [-0.1, -0.05) is 24.3 Å². The summed E-state index contributed by atoms with van der Waals surface area (Å²) in [5, 5.41) is 9.90. The number of fused-ring (bicyclic) bond motifs is 1. The fraction of sp³-hybridized carbons (Fsp3) is 0. The lowest BCUT2D eigenvalue weighted by atomic mass is 9.95. The van der Waals surface area contributed by atoms with E-state index < -0.39 is 5.03 Å². The quantitative estimate of drug-likeness (QED) is 0.275. The van der Waals surface area contributed by atoms with Crippen LogP contribution in [0.3, 0.4) is 0 Å². The molecule has 0 atom stereocenters. The molecule has 0 aromatic carbocycles. The third-order valence-corrected chi connectivity index (χ3v) is 1.34. The molecule has 0 N–H and O–H groups in total. The van der Waals surface area contributed by atoms with Gasteiger partial charge in [-0.2, -0.15) is 0 Å². The Hall–Kier alpha value is -2.00. The average Bonchev–Trinajstić information content (AvgIpc) is 1.98. The molecule has 0 bridgehead atoms. The third kappa shape index (κ3) is 1.74. The van der Waals surface area contributed by atoms with E-state index in [4.69, 9.17) is 14.9 Å². The van der Waals surface area contributed by atoms with Gasteiger partial charge < -0.3 is 0 Å².